The van der Waals surface area contributed by atoms with E-state index in [-0.39, 0.29) is 0 Å². The first-order valence-electron chi connectivity index (χ1n) is 5.22. The maximum absolute atomic E-state index is 5.64. The standard InChI is InChI=1S/C12H19NO/c1-11(13)7-5-6-10-14-12-8-3-2-4-9-12/h2-4,8-9,11H,5-7,10,13H2,1H3. The second-order valence-corrected chi connectivity index (χ2v) is 3.63. The van der Waals surface area contributed by atoms with E-state index in [0.717, 1.165) is 31.6 Å². The van der Waals surface area contributed by atoms with Crippen molar-refractivity contribution >= 4 is 0 Å². The van der Waals surface area contributed by atoms with Gasteiger partial charge in [-0.3, -0.25) is 0 Å². The van der Waals surface area contributed by atoms with E-state index in [0.29, 0.717) is 6.04 Å². The highest BCUT2D eigenvalue weighted by atomic mass is 16.5. The molecule has 1 atom stereocenters. The monoisotopic (exact) mass is 193 g/mol. The van der Waals surface area contributed by atoms with Crippen molar-refractivity contribution in [3.05, 3.63) is 30.3 Å². The summed E-state index contributed by atoms with van der Waals surface area (Å²) in [6, 6.07) is 10.2. The van der Waals surface area contributed by atoms with Gasteiger partial charge in [0.15, 0.2) is 0 Å². The summed E-state index contributed by atoms with van der Waals surface area (Å²) >= 11 is 0. The van der Waals surface area contributed by atoms with E-state index in [1.165, 1.54) is 0 Å². The average Bonchev–Trinajstić information content (AvgIpc) is 2.18. The Balaban J connectivity index is 2.05. The van der Waals surface area contributed by atoms with Crippen LogP contribution >= 0.6 is 0 Å². The highest BCUT2D eigenvalue weighted by molar-refractivity contribution is 5.20. The van der Waals surface area contributed by atoms with Crippen molar-refractivity contribution < 1.29 is 4.74 Å². The molecule has 1 unspecified atom stereocenters. The zero-order chi connectivity index (χ0) is 10.2. The Labute approximate surface area is 86.1 Å². The minimum Gasteiger partial charge on any atom is -0.494 e. The van der Waals surface area contributed by atoms with Gasteiger partial charge in [-0.2, -0.15) is 0 Å². The van der Waals surface area contributed by atoms with Gasteiger partial charge < -0.3 is 10.5 Å². The molecule has 2 heteroatoms. The van der Waals surface area contributed by atoms with Crippen LogP contribution in [0.5, 0.6) is 5.75 Å². The number of ether oxygens (including phenoxy) is 1. The van der Waals surface area contributed by atoms with Gasteiger partial charge in [0, 0.05) is 6.04 Å². The third-order valence-corrected chi connectivity index (χ3v) is 2.07. The minimum absolute atomic E-state index is 0.312. The van der Waals surface area contributed by atoms with Gasteiger partial charge in [0.05, 0.1) is 6.61 Å². The summed E-state index contributed by atoms with van der Waals surface area (Å²) in [5, 5.41) is 0. The molecule has 1 rings (SSSR count). The molecule has 0 heterocycles. The fourth-order valence-corrected chi connectivity index (χ4v) is 1.28. The van der Waals surface area contributed by atoms with Crippen LogP contribution in [0.4, 0.5) is 0 Å². The fourth-order valence-electron chi connectivity index (χ4n) is 1.28. The molecule has 78 valence electrons. The van der Waals surface area contributed by atoms with Crippen molar-refractivity contribution in [3.8, 4) is 5.75 Å². The van der Waals surface area contributed by atoms with Crippen LogP contribution < -0.4 is 10.5 Å². The van der Waals surface area contributed by atoms with Crippen LogP contribution in [0.25, 0.3) is 0 Å². The van der Waals surface area contributed by atoms with E-state index in [4.69, 9.17) is 10.5 Å². The lowest BCUT2D eigenvalue weighted by atomic mass is 10.1. The van der Waals surface area contributed by atoms with E-state index in [9.17, 15) is 0 Å². The molecular weight excluding hydrogens is 174 g/mol. The lowest BCUT2D eigenvalue weighted by Crippen LogP contribution is -2.14. The van der Waals surface area contributed by atoms with Crippen LogP contribution in [0.1, 0.15) is 26.2 Å². The quantitative estimate of drug-likeness (QED) is 0.705. The molecule has 0 amide bonds. The van der Waals surface area contributed by atoms with Crippen molar-refractivity contribution in [3.63, 3.8) is 0 Å². The lowest BCUT2D eigenvalue weighted by Gasteiger charge is -2.06. The van der Waals surface area contributed by atoms with Gasteiger partial charge in [-0.15, -0.1) is 0 Å². The Kier molecular flexibility index (Phi) is 5.08. The fraction of sp³-hybridized carbons (Fsp3) is 0.500. The highest BCUT2D eigenvalue weighted by Gasteiger charge is 1.95. The minimum atomic E-state index is 0.312. The Bertz CT molecular complexity index is 233. The molecule has 0 aliphatic heterocycles. The van der Waals surface area contributed by atoms with E-state index >= 15 is 0 Å². The van der Waals surface area contributed by atoms with Crippen molar-refractivity contribution in [1.29, 1.82) is 0 Å². The smallest absolute Gasteiger partial charge is 0.119 e. The maximum atomic E-state index is 5.64. The van der Waals surface area contributed by atoms with Gasteiger partial charge in [0.2, 0.25) is 0 Å². The molecule has 2 N–H and O–H groups in total. The Morgan fingerprint density at radius 2 is 1.93 bits per heavy atom. The topological polar surface area (TPSA) is 35.2 Å². The SMILES string of the molecule is CC(N)CCCCOc1ccccc1. The van der Waals surface area contributed by atoms with E-state index in [1.807, 2.05) is 37.3 Å². The summed E-state index contributed by atoms with van der Waals surface area (Å²) < 4.78 is 5.55. The van der Waals surface area contributed by atoms with Crippen molar-refractivity contribution in [2.24, 2.45) is 5.73 Å². The molecule has 0 aliphatic carbocycles. The van der Waals surface area contributed by atoms with Crippen molar-refractivity contribution in [2.45, 2.75) is 32.2 Å². The second-order valence-electron chi connectivity index (χ2n) is 3.63. The second kappa shape index (κ2) is 6.44. The Morgan fingerprint density at radius 1 is 1.21 bits per heavy atom. The molecule has 0 saturated heterocycles. The molecule has 1 aromatic rings. The first-order valence-corrected chi connectivity index (χ1v) is 5.22. The Morgan fingerprint density at radius 3 is 2.57 bits per heavy atom. The molecule has 0 aliphatic rings. The van der Waals surface area contributed by atoms with E-state index in [1.54, 1.807) is 0 Å². The number of para-hydroxylation sites is 1. The van der Waals surface area contributed by atoms with Crippen LogP contribution in [0, 0.1) is 0 Å². The molecule has 14 heavy (non-hydrogen) atoms. The summed E-state index contributed by atoms with van der Waals surface area (Å²) in [6.07, 6.45) is 3.30. The molecule has 0 saturated carbocycles. The largest absolute Gasteiger partial charge is 0.494 e. The van der Waals surface area contributed by atoms with Gasteiger partial charge in [-0.1, -0.05) is 18.2 Å². The number of unbranched alkanes of at least 4 members (excludes halogenated alkanes) is 1. The number of nitrogens with two attached hydrogens (primary N) is 1. The summed E-state index contributed by atoms with van der Waals surface area (Å²) in [7, 11) is 0. The van der Waals surface area contributed by atoms with Crippen LogP contribution in [0.15, 0.2) is 30.3 Å². The molecule has 0 bridgehead atoms. The summed E-state index contributed by atoms with van der Waals surface area (Å²) in [5.41, 5.74) is 5.64. The number of hydrogen-bond donors (Lipinski definition) is 1. The van der Waals surface area contributed by atoms with Gasteiger partial charge in [0.25, 0.3) is 0 Å². The zero-order valence-corrected chi connectivity index (χ0v) is 8.78. The van der Waals surface area contributed by atoms with Gasteiger partial charge in [0.1, 0.15) is 5.75 Å². The van der Waals surface area contributed by atoms with Crippen molar-refractivity contribution in [1.82, 2.24) is 0 Å². The first kappa shape index (κ1) is 11.1. The van der Waals surface area contributed by atoms with Crippen LogP contribution in [0.3, 0.4) is 0 Å². The van der Waals surface area contributed by atoms with Crippen molar-refractivity contribution in [2.75, 3.05) is 6.61 Å². The van der Waals surface area contributed by atoms with E-state index in [2.05, 4.69) is 0 Å². The summed E-state index contributed by atoms with van der Waals surface area (Å²) in [4.78, 5) is 0. The Hall–Kier alpha value is -1.02. The third-order valence-electron chi connectivity index (χ3n) is 2.07. The maximum Gasteiger partial charge on any atom is 0.119 e. The van der Waals surface area contributed by atoms with Crippen LogP contribution in [-0.2, 0) is 0 Å². The van der Waals surface area contributed by atoms with E-state index < -0.39 is 0 Å². The third kappa shape index (κ3) is 4.87. The van der Waals surface area contributed by atoms with Gasteiger partial charge in [-0.05, 0) is 38.3 Å². The molecule has 0 spiro atoms. The highest BCUT2D eigenvalue weighted by Crippen LogP contribution is 2.09. The molecule has 1 aromatic carbocycles. The van der Waals surface area contributed by atoms with Gasteiger partial charge in [-0.25, -0.2) is 0 Å². The summed E-state index contributed by atoms with van der Waals surface area (Å²) in [5.74, 6) is 0.952. The normalized spacial score (nSPS) is 12.4. The van der Waals surface area contributed by atoms with Gasteiger partial charge >= 0.3 is 0 Å². The lowest BCUT2D eigenvalue weighted by molar-refractivity contribution is 0.303. The predicted molar refractivity (Wildman–Crippen MR) is 59.4 cm³/mol. The number of rotatable bonds is 6. The summed E-state index contributed by atoms with van der Waals surface area (Å²) in [6.45, 7) is 2.83. The molecule has 0 aromatic heterocycles. The first-order chi connectivity index (χ1) is 6.79. The number of hydrogen-bond acceptors (Lipinski definition) is 2. The molecule has 0 fully saturated rings. The molecule has 0 radical (unpaired) electrons. The van der Waals surface area contributed by atoms with Crippen LogP contribution in [0.2, 0.25) is 0 Å². The average molecular weight is 193 g/mol. The predicted octanol–water partition coefficient (Wildman–Crippen LogP) is 2.58. The number of benzene rings is 1. The molecular formula is C12H19NO. The van der Waals surface area contributed by atoms with Crippen LogP contribution in [-0.4, -0.2) is 12.6 Å². The zero-order valence-electron chi connectivity index (χ0n) is 8.78. The molecule has 2 nitrogen and oxygen atoms in total.